The summed E-state index contributed by atoms with van der Waals surface area (Å²) >= 11 is 3.12. The molecule has 0 spiro atoms. The lowest BCUT2D eigenvalue weighted by Gasteiger charge is -2.08. The van der Waals surface area contributed by atoms with E-state index in [4.69, 9.17) is 5.73 Å². The van der Waals surface area contributed by atoms with Crippen molar-refractivity contribution in [3.05, 3.63) is 28.2 Å². The van der Waals surface area contributed by atoms with E-state index in [-0.39, 0.29) is 5.69 Å². The molecule has 0 saturated carbocycles. The van der Waals surface area contributed by atoms with Crippen molar-refractivity contribution in [1.29, 1.82) is 0 Å². The highest BCUT2D eigenvalue weighted by Crippen LogP contribution is 2.35. The van der Waals surface area contributed by atoms with Gasteiger partial charge in [0, 0.05) is 10.9 Å². The maximum atomic E-state index is 12.4. The standard InChI is InChI=1S/C10H10BrF3N2/c1-2-9(15)16-8-5-6(10(12,13)14)3-4-7(8)11/h3-5H,2H2,1H3,(H2,15,16). The second kappa shape index (κ2) is 4.86. The summed E-state index contributed by atoms with van der Waals surface area (Å²) in [6, 6.07) is 3.27. The molecule has 6 heteroatoms. The largest absolute Gasteiger partial charge is 0.416 e. The summed E-state index contributed by atoms with van der Waals surface area (Å²) in [7, 11) is 0. The van der Waals surface area contributed by atoms with Crippen molar-refractivity contribution in [3.63, 3.8) is 0 Å². The first-order chi connectivity index (χ1) is 7.34. The van der Waals surface area contributed by atoms with Crippen LogP contribution in [0.4, 0.5) is 18.9 Å². The summed E-state index contributed by atoms with van der Waals surface area (Å²) in [5.74, 6) is 0.292. The van der Waals surface area contributed by atoms with Gasteiger partial charge in [-0.15, -0.1) is 0 Å². The van der Waals surface area contributed by atoms with Gasteiger partial charge in [-0.1, -0.05) is 6.92 Å². The minimum atomic E-state index is -4.37. The lowest BCUT2D eigenvalue weighted by Crippen LogP contribution is -2.09. The van der Waals surface area contributed by atoms with E-state index in [9.17, 15) is 13.2 Å². The van der Waals surface area contributed by atoms with Crippen LogP contribution in [0.25, 0.3) is 0 Å². The highest BCUT2D eigenvalue weighted by atomic mass is 79.9. The summed E-state index contributed by atoms with van der Waals surface area (Å²) in [5.41, 5.74) is 4.93. The number of nitrogens with zero attached hydrogens (tertiary/aromatic N) is 1. The lowest BCUT2D eigenvalue weighted by atomic mass is 10.2. The fraction of sp³-hybridized carbons (Fsp3) is 0.300. The van der Waals surface area contributed by atoms with Gasteiger partial charge >= 0.3 is 6.18 Å². The molecule has 0 atom stereocenters. The molecule has 0 aliphatic heterocycles. The zero-order valence-electron chi connectivity index (χ0n) is 8.48. The molecule has 0 unspecified atom stereocenters. The fourth-order valence-corrected chi connectivity index (χ4v) is 1.34. The number of halogens is 4. The highest BCUT2D eigenvalue weighted by molar-refractivity contribution is 9.10. The van der Waals surface area contributed by atoms with E-state index in [0.29, 0.717) is 16.7 Å². The Bertz CT molecular complexity index is 413. The number of alkyl halides is 3. The van der Waals surface area contributed by atoms with Crippen LogP contribution in [0.5, 0.6) is 0 Å². The zero-order valence-corrected chi connectivity index (χ0v) is 10.1. The molecule has 0 aliphatic carbocycles. The fourth-order valence-electron chi connectivity index (χ4n) is 1.01. The van der Waals surface area contributed by atoms with Crippen LogP contribution in [-0.2, 0) is 6.18 Å². The highest BCUT2D eigenvalue weighted by Gasteiger charge is 2.30. The maximum absolute atomic E-state index is 12.4. The second-order valence-corrected chi connectivity index (χ2v) is 3.97. The first kappa shape index (κ1) is 13.0. The summed E-state index contributed by atoms with van der Waals surface area (Å²) in [5, 5.41) is 0. The molecule has 1 aromatic rings. The van der Waals surface area contributed by atoms with Crippen LogP contribution < -0.4 is 5.73 Å². The van der Waals surface area contributed by atoms with Gasteiger partial charge in [0.15, 0.2) is 0 Å². The van der Waals surface area contributed by atoms with Crippen molar-refractivity contribution in [3.8, 4) is 0 Å². The third-order valence-corrected chi connectivity index (χ3v) is 2.57. The molecule has 88 valence electrons. The number of hydrogen-bond acceptors (Lipinski definition) is 1. The number of amidine groups is 1. The Morgan fingerprint density at radius 3 is 2.56 bits per heavy atom. The Balaban J connectivity index is 3.19. The number of benzene rings is 1. The van der Waals surface area contributed by atoms with Crippen LogP contribution in [0.3, 0.4) is 0 Å². The van der Waals surface area contributed by atoms with Gasteiger partial charge in [-0.2, -0.15) is 13.2 Å². The predicted octanol–water partition coefficient (Wildman–Crippen LogP) is 3.87. The quantitative estimate of drug-likeness (QED) is 0.653. The topological polar surface area (TPSA) is 38.4 Å². The summed E-state index contributed by atoms with van der Waals surface area (Å²) in [6.07, 6.45) is -3.88. The van der Waals surface area contributed by atoms with E-state index in [1.807, 2.05) is 0 Å². The normalized spacial score (nSPS) is 12.9. The van der Waals surface area contributed by atoms with Crippen molar-refractivity contribution in [2.45, 2.75) is 19.5 Å². The van der Waals surface area contributed by atoms with E-state index in [1.165, 1.54) is 6.07 Å². The Morgan fingerprint density at radius 1 is 1.44 bits per heavy atom. The minimum absolute atomic E-state index is 0.189. The number of hydrogen-bond donors (Lipinski definition) is 1. The lowest BCUT2D eigenvalue weighted by molar-refractivity contribution is -0.137. The van der Waals surface area contributed by atoms with Crippen LogP contribution in [0, 0.1) is 0 Å². The Labute approximate surface area is 99.5 Å². The molecule has 0 radical (unpaired) electrons. The molecule has 2 nitrogen and oxygen atoms in total. The molecular formula is C10H10BrF3N2. The molecule has 2 N–H and O–H groups in total. The van der Waals surface area contributed by atoms with Crippen molar-refractivity contribution < 1.29 is 13.2 Å². The molecule has 1 rings (SSSR count). The number of nitrogens with two attached hydrogens (primary N) is 1. The van der Waals surface area contributed by atoms with Crippen LogP contribution in [0.15, 0.2) is 27.7 Å². The van der Waals surface area contributed by atoms with Crippen LogP contribution in [0.2, 0.25) is 0 Å². The molecule has 1 aromatic carbocycles. The van der Waals surface area contributed by atoms with E-state index in [0.717, 1.165) is 12.1 Å². The van der Waals surface area contributed by atoms with Gasteiger partial charge in [0.25, 0.3) is 0 Å². The van der Waals surface area contributed by atoms with Gasteiger partial charge in [0.05, 0.1) is 17.1 Å². The van der Waals surface area contributed by atoms with Crippen LogP contribution in [0.1, 0.15) is 18.9 Å². The molecule has 0 aromatic heterocycles. The zero-order chi connectivity index (χ0) is 12.3. The summed E-state index contributed by atoms with van der Waals surface area (Å²) in [4.78, 5) is 3.90. The summed E-state index contributed by atoms with van der Waals surface area (Å²) in [6.45, 7) is 1.78. The molecule has 0 fully saturated rings. The predicted molar refractivity (Wildman–Crippen MR) is 60.7 cm³/mol. The van der Waals surface area contributed by atoms with E-state index >= 15 is 0 Å². The van der Waals surface area contributed by atoms with Gasteiger partial charge in [-0.3, -0.25) is 0 Å². The molecule has 0 amide bonds. The first-order valence-electron chi connectivity index (χ1n) is 4.54. The van der Waals surface area contributed by atoms with E-state index in [2.05, 4.69) is 20.9 Å². The monoisotopic (exact) mass is 294 g/mol. The van der Waals surface area contributed by atoms with Gasteiger partial charge in [0.1, 0.15) is 0 Å². The average Bonchev–Trinajstić information content (AvgIpc) is 2.19. The maximum Gasteiger partial charge on any atom is 0.416 e. The van der Waals surface area contributed by atoms with Crippen LogP contribution in [-0.4, -0.2) is 5.84 Å². The van der Waals surface area contributed by atoms with Gasteiger partial charge in [0.2, 0.25) is 0 Å². The SMILES string of the molecule is CCC(N)=Nc1cc(C(F)(F)F)ccc1Br. The van der Waals surface area contributed by atoms with Gasteiger partial charge in [-0.25, -0.2) is 4.99 Å². The number of aliphatic imine (C=N–C) groups is 1. The van der Waals surface area contributed by atoms with Crippen molar-refractivity contribution >= 4 is 27.5 Å². The molecular weight excluding hydrogens is 285 g/mol. The molecule has 16 heavy (non-hydrogen) atoms. The molecule has 0 heterocycles. The van der Waals surface area contributed by atoms with Crippen LogP contribution >= 0.6 is 15.9 Å². The Kier molecular flexibility index (Phi) is 3.96. The molecule has 0 aliphatic rings. The van der Waals surface area contributed by atoms with Gasteiger partial charge < -0.3 is 5.73 Å². The third kappa shape index (κ3) is 3.23. The van der Waals surface area contributed by atoms with Crippen molar-refractivity contribution in [2.75, 3.05) is 0 Å². The Morgan fingerprint density at radius 2 is 2.06 bits per heavy atom. The second-order valence-electron chi connectivity index (χ2n) is 3.12. The van der Waals surface area contributed by atoms with E-state index in [1.54, 1.807) is 6.92 Å². The third-order valence-electron chi connectivity index (χ3n) is 1.90. The molecule has 0 saturated heterocycles. The molecule has 0 bridgehead atoms. The van der Waals surface area contributed by atoms with Crippen molar-refractivity contribution in [2.24, 2.45) is 10.7 Å². The number of rotatable bonds is 2. The smallest absolute Gasteiger partial charge is 0.387 e. The van der Waals surface area contributed by atoms with Gasteiger partial charge in [-0.05, 0) is 34.1 Å². The van der Waals surface area contributed by atoms with Crippen molar-refractivity contribution in [1.82, 2.24) is 0 Å². The average molecular weight is 295 g/mol. The Hall–Kier alpha value is -1.04. The first-order valence-corrected chi connectivity index (χ1v) is 5.33. The summed E-state index contributed by atoms with van der Waals surface area (Å²) < 4.78 is 37.8. The minimum Gasteiger partial charge on any atom is -0.387 e. The van der Waals surface area contributed by atoms with E-state index < -0.39 is 11.7 Å².